The van der Waals surface area contributed by atoms with Crippen LogP contribution in [-0.4, -0.2) is 11.0 Å². The van der Waals surface area contributed by atoms with Gasteiger partial charge in [-0.1, -0.05) is 57.5 Å². The van der Waals surface area contributed by atoms with Crippen LogP contribution in [0.15, 0.2) is 30.3 Å². The van der Waals surface area contributed by atoms with Crippen LogP contribution in [0.25, 0.3) is 0 Å². The number of nitrogens with one attached hydrogen (secondary N) is 1. The molecule has 2 aromatic rings. The van der Waals surface area contributed by atoms with Crippen molar-refractivity contribution in [1.82, 2.24) is 10.3 Å². The normalized spacial score (nSPS) is 11.2. The van der Waals surface area contributed by atoms with Gasteiger partial charge >= 0.3 is 0 Å². The molecule has 0 aliphatic heterocycles. The minimum Gasteiger partial charge on any atom is -0.310 e. The van der Waals surface area contributed by atoms with Crippen molar-refractivity contribution in [2.24, 2.45) is 0 Å². The summed E-state index contributed by atoms with van der Waals surface area (Å²) in [6, 6.07) is 11.2. The maximum Gasteiger partial charge on any atom is 0.0934 e. The highest BCUT2D eigenvalue weighted by atomic mass is 32.1. The van der Waals surface area contributed by atoms with Crippen molar-refractivity contribution in [1.29, 1.82) is 0 Å². The van der Waals surface area contributed by atoms with Crippen LogP contribution in [0.2, 0.25) is 0 Å². The first-order valence-corrected chi connectivity index (χ1v) is 8.75. The molecule has 1 aromatic heterocycles. The number of benzene rings is 1. The van der Waals surface area contributed by atoms with Gasteiger partial charge in [-0.2, -0.15) is 0 Å². The van der Waals surface area contributed by atoms with E-state index in [0.717, 1.165) is 32.2 Å². The van der Waals surface area contributed by atoms with E-state index in [1.165, 1.54) is 21.1 Å². The van der Waals surface area contributed by atoms with Crippen LogP contribution in [0, 0.1) is 0 Å². The van der Waals surface area contributed by atoms with Gasteiger partial charge in [-0.05, 0) is 18.4 Å². The first-order valence-electron chi connectivity index (χ1n) is 7.93. The summed E-state index contributed by atoms with van der Waals surface area (Å²) in [4.78, 5) is 6.30. The Kier molecular flexibility index (Phi) is 6.40. The number of aromatic nitrogens is 1. The van der Waals surface area contributed by atoms with Gasteiger partial charge in [-0.25, -0.2) is 4.98 Å². The lowest BCUT2D eigenvalue weighted by Crippen LogP contribution is -2.21. The fraction of sp³-hybridized carbons (Fsp3) is 0.500. The van der Waals surface area contributed by atoms with E-state index in [9.17, 15) is 0 Å². The third kappa shape index (κ3) is 5.25. The number of hydrogen-bond donors (Lipinski definition) is 1. The van der Waals surface area contributed by atoms with E-state index in [4.69, 9.17) is 4.98 Å². The molecule has 0 radical (unpaired) electrons. The van der Waals surface area contributed by atoms with Crippen molar-refractivity contribution >= 4 is 11.3 Å². The van der Waals surface area contributed by atoms with Gasteiger partial charge in [0, 0.05) is 23.9 Å². The molecular weight excluding hydrogens is 276 g/mol. The van der Waals surface area contributed by atoms with Crippen LogP contribution in [0.5, 0.6) is 0 Å². The Bertz CT molecular complexity index is 531. The van der Waals surface area contributed by atoms with Crippen molar-refractivity contribution in [3.8, 4) is 0 Å². The summed E-state index contributed by atoms with van der Waals surface area (Å²) < 4.78 is 0. The average Bonchev–Trinajstić information content (AvgIpc) is 2.87. The van der Waals surface area contributed by atoms with Gasteiger partial charge in [0.1, 0.15) is 0 Å². The Labute approximate surface area is 132 Å². The molecular formula is C18H26N2S. The lowest BCUT2D eigenvalue weighted by molar-refractivity contribution is 0.589. The fourth-order valence-corrected chi connectivity index (χ4v) is 3.37. The Morgan fingerprint density at radius 3 is 2.52 bits per heavy atom. The molecule has 0 fully saturated rings. The topological polar surface area (TPSA) is 24.9 Å². The molecule has 3 heteroatoms. The quantitative estimate of drug-likeness (QED) is 0.783. The average molecular weight is 302 g/mol. The van der Waals surface area contributed by atoms with Crippen LogP contribution in [0.4, 0.5) is 0 Å². The van der Waals surface area contributed by atoms with Gasteiger partial charge in [0.2, 0.25) is 0 Å². The number of nitrogens with zero attached hydrogens (tertiary/aromatic N) is 1. The summed E-state index contributed by atoms with van der Waals surface area (Å²) in [7, 11) is 0. The molecule has 114 valence electrons. The molecule has 0 spiro atoms. The summed E-state index contributed by atoms with van der Waals surface area (Å²) >= 11 is 1.89. The highest BCUT2D eigenvalue weighted by molar-refractivity contribution is 7.11. The molecule has 0 saturated heterocycles. The monoisotopic (exact) mass is 302 g/mol. The van der Waals surface area contributed by atoms with E-state index in [1.807, 2.05) is 11.3 Å². The summed E-state index contributed by atoms with van der Waals surface area (Å²) in [6.07, 6.45) is 4.39. The zero-order valence-electron chi connectivity index (χ0n) is 13.4. The van der Waals surface area contributed by atoms with Crippen molar-refractivity contribution in [3.63, 3.8) is 0 Å². The number of aryl methyl sites for hydroxylation is 3. The molecule has 1 aromatic carbocycles. The van der Waals surface area contributed by atoms with Crippen molar-refractivity contribution in [2.75, 3.05) is 0 Å². The molecule has 0 unspecified atom stereocenters. The van der Waals surface area contributed by atoms with Gasteiger partial charge in [0.15, 0.2) is 0 Å². The second-order valence-electron chi connectivity index (χ2n) is 5.75. The van der Waals surface area contributed by atoms with E-state index in [-0.39, 0.29) is 0 Å². The van der Waals surface area contributed by atoms with Gasteiger partial charge in [-0.15, -0.1) is 11.3 Å². The van der Waals surface area contributed by atoms with Crippen LogP contribution >= 0.6 is 11.3 Å². The largest absolute Gasteiger partial charge is 0.310 e. The molecule has 2 rings (SSSR count). The number of thiazole rings is 1. The predicted molar refractivity (Wildman–Crippen MR) is 91.9 cm³/mol. The van der Waals surface area contributed by atoms with Gasteiger partial charge < -0.3 is 5.32 Å². The second-order valence-corrected chi connectivity index (χ2v) is 6.92. The minimum absolute atomic E-state index is 0.523. The summed E-state index contributed by atoms with van der Waals surface area (Å²) in [6.45, 7) is 7.56. The molecule has 1 heterocycles. The van der Waals surface area contributed by atoms with E-state index < -0.39 is 0 Å². The molecule has 1 N–H and O–H groups in total. The summed E-state index contributed by atoms with van der Waals surface area (Å²) in [5.74, 6) is 0. The maximum atomic E-state index is 4.87. The Morgan fingerprint density at radius 1 is 1.10 bits per heavy atom. The zero-order valence-corrected chi connectivity index (χ0v) is 14.2. The third-order valence-corrected chi connectivity index (χ3v) is 4.61. The first-order chi connectivity index (χ1) is 10.2. The van der Waals surface area contributed by atoms with E-state index >= 15 is 0 Å². The van der Waals surface area contributed by atoms with Crippen LogP contribution in [0.3, 0.4) is 0 Å². The van der Waals surface area contributed by atoms with E-state index in [2.05, 4.69) is 56.4 Å². The van der Waals surface area contributed by atoms with Crippen LogP contribution < -0.4 is 5.32 Å². The standard InChI is InChI=1S/C18H26N2S/c1-4-8-16-17(13-19-14(2)3)21-18(20-16)12-11-15-9-6-5-7-10-15/h5-7,9-10,14,19H,4,8,11-13H2,1-3H3. The van der Waals surface area contributed by atoms with Crippen molar-refractivity contribution in [3.05, 3.63) is 51.5 Å². The first kappa shape index (κ1) is 16.2. The smallest absolute Gasteiger partial charge is 0.0934 e. The van der Waals surface area contributed by atoms with Gasteiger partial charge in [0.05, 0.1) is 10.7 Å². The second kappa shape index (κ2) is 8.30. The van der Waals surface area contributed by atoms with E-state index in [1.54, 1.807) is 0 Å². The molecule has 0 atom stereocenters. The summed E-state index contributed by atoms with van der Waals surface area (Å²) in [5.41, 5.74) is 2.70. The zero-order chi connectivity index (χ0) is 15.1. The Hall–Kier alpha value is -1.19. The lowest BCUT2D eigenvalue weighted by atomic mass is 10.1. The molecule has 21 heavy (non-hydrogen) atoms. The van der Waals surface area contributed by atoms with Crippen LogP contribution in [-0.2, 0) is 25.8 Å². The van der Waals surface area contributed by atoms with Gasteiger partial charge in [-0.3, -0.25) is 0 Å². The molecule has 0 bridgehead atoms. The highest BCUT2D eigenvalue weighted by Crippen LogP contribution is 2.21. The molecule has 0 saturated carbocycles. The van der Waals surface area contributed by atoms with Crippen LogP contribution in [0.1, 0.15) is 48.3 Å². The SMILES string of the molecule is CCCc1nc(CCc2ccccc2)sc1CNC(C)C. The van der Waals surface area contributed by atoms with E-state index in [0.29, 0.717) is 6.04 Å². The number of rotatable bonds is 8. The van der Waals surface area contributed by atoms with Gasteiger partial charge in [0.25, 0.3) is 0 Å². The molecule has 0 aliphatic rings. The Morgan fingerprint density at radius 2 is 1.86 bits per heavy atom. The maximum absolute atomic E-state index is 4.87. The molecule has 2 nitrogen and oxygen atoms in total. The highest BCUT2D eigenvalue weighted by Gasteiger charge is 2.11. The third-order valence-electron chi connectivity index (χ3n) is 3.45. The van der Waals surface area contributed by atoms with Crippen molar-refractivity contribution < 1.29 is 0 Å². The molecule has 0 aliphatic carbocycles. The number of hydrogen-bond acceptors (Lipinski definition) is 3. The summed E-state index contributed by atoms with van der Waals surface area (Å²) in [5, 5.41) is 4.80. The van der Waals surface area contributed by atoms with Crippen molar-refractivity contribution in [2.45, 2.75) is 59.0 Å². The minimum atomic E-state index is 0.523. The Balaban J connectivity index is 2.00. The predicted octanol–water partition coefficient (Wildman–Crippen LogP) is 4.38. The molecule has 0 amide bonds. The lowest BCUT2D eigenvalue weighted by Gasteiger charge is -2.07. The fourth-order valence-electron chi connectivity index (χ4n) is 2.31.